The van der Waals surface area contributed by atoms with Gasteiger partial charge in [-0.25, -0.2) is 12.1 Å². The largest absolute Gasteiger partial charge is 1.00 e. The van der Waals surface area contributed by atoms with E-state index < -0.39 is 12.8 Å². The molecule has 0 N–H and O–H groups in total. The summed E-state index contributed by atoms with van der Waals surface area (Å²) < 4.78 is 3.69. The van der Waals surface area contributed by atoms with Crippen LogP contribution in [0.3, 0.4) is 0 Å². The molecule has 1 rings (SSSR count). The Labute approximate surface area is 73.7 Å². The van der Waals surface area contributed by atoms with E-state index in [4.69, 9.17) is 0 Å². The molecule has 0 spiro atoms. The standard InChI is InChI=1S/C5H5.3CO.Cr.H/c1-2-4-5-3-1;3*1-2;;/h1-5H;;;;;/q-1;;;;;-1. The van der Waals surface area contributed by atoms with Crippen molar-refractivity contribution >= 4 is 14.2 Å². The Morgan fingerprint density at radius 2 is 1.42 bits per heavy atom. The summed E-state index contributed by atoms with van der Waals surface area (Å²) in [6.45, 7) is 0. The van der Waals surface area contributed by atoms with Crippen LogP contribution in [0.25, 0.3) is 0 Å². The second-order valence-electron chi connectivity index (χ2n) is 1.52. The van der Waals surface area contributed by atoms with Crippen molar-refractivity contribution in [3.8, 4) is 0 Å². The summed E-state index contributed by atoms with van der Waals surface area (Å²) in [5.74, 6) is 0. The van der Waals surface area contributed by atoms with Gasteiger partial charge < -0.3 is 1.43 Å². The zero-order chi connectivity index (χ0) is 9.23. The van der Waals surface area contributed by atoms with Crippen LogP contribution in [-0.2, 0) is 27.2 Å². The van der Waals surface area contributed by atoms with E-state index >= 15 is 0 Å². The van der Waals surface area contributed by atoms with Crippen molar-refractivity contribution in [2.75, 3.05) is 0 Å². The van der Waals surface area contributed by atoms with Crippen LogP contribution in [0.5, 0.6) is 0 Å². The first kappa shape index (κ1) is 10.6. The smallest absolute Gasteiger partial charge is 0.172 e. The van der Waals surface area contributed by atoms with Gasteiger partial charge in [0.1, 0.15) is 0 Å². The van der Waals surface area contributed by atoms with Gasteiger partial charge in [0.05, 0.1) is 0 Å². The molecule has 0 aliphatic carbocycles. The van der Waals surface area contributed by atoms with E-state index in [1.807, 2.05) is 30.3 Å². The number of hydrogen-bond donors (Lipinski definition) is 0. The van der Waals surface area contributed by atoms with Gasteiger partial charge in [-0.3, -0.25) is 0 Å². The third-order valence-corrected chi connectivity index (χ3v) is 1.59. The molecule has 0 saturated carbocycles. The monoisotopic (exact) mass is 202 g/mol. The van der Waals surface area contributed by atoms with Gasteiger partial charge in [0.2, 0.25) is 0 Å². The van der Waals surface area contributed by atoms with E-state index in [1.54, 1.807) is 0 Å². The van der Waals surface area contributed by atoms with Crippen molar-refractivity contribution in [1.82, 2.24) is 0 Å². The average Bonchev–Trinajstić information content (AvgIpc) is 2.64. The van der Waals surface area contributed by atoms with Crippen LogP contribution in [0.2, 0.25) is 0 Å². The predicted octanol–water partition coefficient (Wildman–Crippen LogP) is 0.324. The zero-order valence-corrected chi connectivity index (χ0v) is 7.29. The van der Waals surface area contributed by atoms with Gasteiger partial charge in [-0.05, 0) is 0 Å². The normalized spacial score (nSPS) is 6.33. The molecule has 3 nitrogen and oxygen atoms in total. The van der Waals surface area contributed by atoms with Gasteiger partial charge in [-0.15, -0.1) is 0 Å². The maximum Gasteiger partial charge on any atom is -0.172 e. The third kappa shape index (κ3) is 5.41. The predicted molar refractivity (Wildman–Crippen MR) is 40.2 cm³/mol. The second-order valence-corrected chi connectivity index (χ2v) is 3.26. The Balaban J connectivity index is 0. The van der Waals surface area contributed by atoms with Crippen molar-refractivity contribution in [1.29, 1.82) is 0 Å². The summed E-state index contributed by atoms with van der Waals surface area (Å²) in [4.78, 5) is 28.1. The quantitative estimate of drug-likeness (QED) is 0.569. The molecule has 0 amide bonds. The van der Waals surface area contributed by atoms with Crippen LogP contribution in [0, 0.1) is 0 Å². The second kappa shape index (κ2) is 7.73. The van der Waals surface area contributed by atoms with Crippen molar-refractivity contribution in [2.24, 2.45) is 0 Å². The van der Waals surface area contributed by atoms with Gasteiger partial charge in [-0.2, -0.15) is 18.2 Å². The molecule has 0 fully saturated rings. The van der Waals surface area contributed by atoms with Gasteiger partial charge in [0.15, 0.2) is 0 Å². The molecule has 0 unspecified atom stereocenters. The minimum absolute atomic E-state index is 0. The fourth-order valence-corrected chi connectivity index (χ4v) is 0.531. The zero-order valence-electron chi connectivity index (χ0n) is 7.02. The molecular formula is C8H6CrO3-2. The number of hydrogen-bond acceptors (Lipinski definition) is 3. The van der Waals surface area contributed by atoms with Crippen LogP contribution >= 0.6 is 0 Å². The number of rotatable bonds is 0. The van der Waals surface area contributed by atoms with E-state index in [9.17, 15) is 14.4 Å². The van der Waals surface area contributed by atoms with E-state index in [-0.39, 0.29) is 1.43 Å². The van der Waals surface area contributed by atoms with Crippen LogP contribution in [0.4, 0.5) is 0 Å². The van der Waals surface area contributed by atoms with E-state index in [1.165, 1.54) is 14.2 Å². The fourth-order valence-electron chi connectivity index (χ4n) is 0.372. The Morgan fingerprint density at radius 3 is 1.50 bits per heavy atom. The van der Waals surface area contributed by atoms with Gasteiger partial charge in [0, 0.05) is 0 Å². The molecule has 4 heteroatoms. The van der Waals surface area contributed by atoms with Crippen LogP contribution in [-0.4, -0.2) is 14.2 Å². The first-order chi connectivity index (χ1) is 5.85. The average molecular weight is 202 g/mol. The summed E-state index contributed by atoms with van der Waals surface area (Å²) in [5, 5.41) is 0. The van der Waals surface area contributed by atoms with Crippen LogP contribution < -0.4 is 0 Å². The van der Waals surface area contributed by atoms with E-state index in [0.717, 1.165) is 0 Å². The molecule has 0 aromatic heterocycles. The molecule has 64 valence electrons. The van der Waals surface area contributed by atoms with Crippen LogP contribution in [0.1, 0.15) is 1.43 Å². The minimum Gasteiger partial charge on any atom is -1.00 e. The Morgan fingerprint density at radius 1 is 1.00 bits per heavy atom. The number of carbonyl (C=O) groups excluding carboxylic acids is 3. The molecule has 0 aliphatic rings. The van der Waals surface area contributed by atoms with Gasteiger partial charge in [-0.1, -0.05) is 0 Å². The summed E-state index contributed by atoms with van der Waals surface area (Å²) >= 11 is -2.47. The molecule has 0 bridgehead atoms. The maximum absolute atomic E-state index is 9.37. The molecule has 0 radical (unpaired) electrons. The van der Waals surface area contributed by atoms with Crippen molar-refractivity contribution in [3.05, 3.63) is 30.3 Å². The molecule has 0 heterocycles. The summed E-state index contributed by atoms with van der Waals surface area (Å²) in [6, 6.07) is 10.0. The van der Waals surface area contributed by atoms with Crippen LogP contribution in [0.15, 0.2) is 30.3 Å². The molecule has 0 atom stereocenters. The molecule has 1 aromatic rings. The van der Waals surface area contributed by atoms with E-state index in [2.05, 4.69) is 0 Å². The molecule has 0 saturated heterocycles. The molecule has 0 aliphatic heterocycles. The molecular weight excluding hydrogens is 196 g/mol. The van der Waals surface area contributed by atoms with Crippen molar-refractivity contribution < 1.29 is 28.6 Å². The molecule has 12 heavy (non-hydrogen) atoms. The minimum atomic E-state index is -2.47. The summed E-state index contributed by atoms with van der Waals surface area (Å²) in [7, 11) is 0. The van der Waals surface area contributed by atoms with Gasteiger partial charge >= 0.3 is 41.5 Å². The van der Waals surface area contributed by atoms with E-state index in [0.29, 0.717) is 0 Å². The van der Waals surface area contributed by atoms with Crippen molar-refractivity contribution in [3.63, 3.8) is 0 Å². The topological polar surface area (TPSA) is 51.2 Å². The Hall–Kier alpha value is -1.38. The summed E-state index contributed by atoms with van der Waals surface area (Å²) in [6.07, 6.45) is 0. The Bertz CT molecular complexity index is 351. The third-order valence-electron chi connectivity index (χ3n) is 0.806. The Kier molecular flexibility index (Phi) is 6.84. The van der Waals surface area contributed by atoms with Gasteiger partial charge in [0.25, 0.3) is 0 Å². The maximum atomic E-state index is 9.37. The first-order valence-corrected chi connectivity index (χ1v) is 4.80. The van der Waals surface area contributed by atoms with Crippen molar-refractivity contribution in [2.45, 2.75) is 0 Å². The molecule has 1 aromatic carbocycles. The first-order valence-electron chi connectivity index (χ1n) is 2.89. The summed E-state index contributed by atoms with van der Waals surface area (Å²) in [5.41, 5.74) is 0. The SMILES string of the molecule is O=[C]=[Cr](=[C]=O)=[C]=O.[H-].c1cc[cH-]c1. The fraction of sp³-hybridized carbons (Fsp3) is 0.